The fourth-order valence-corrected chi connectivity index (χ4v) is 4.30. The van der Waals surface area contributed by atoms with Crippen LogP contribution in [-0.4, -0.2) is 65.1 Å². The van der Waals surface area contributed by atoms with E-state index < -0.39 is 17.8 Å². The van der Waals surface area contributed by atoms with Gasteiger partial charge in [-0.15, -0.1) is 0 Å². The van der Waals surface area contributed by atoms with Crippen molar-refractivity contribution >= 4 is 34.2 Å². The van der Waals surface area contributed by atoms with E-state index in [0.29, 0.717) is 27.6 Å². The summed E-state index contributed by atoms with van der Waals surface area (Å²) in [4.78, 5) is 33.6. The lowest BCUT2D eigenvalue weighted by Crippen LogP contribution is -2.44. The van der Waals surface area contributed by atoms with Gasteiger partial charge >= 0.3 is 6.18 Å². The Bertz CT molecular complexity index is 1480. The number of hydrogen-bond donors (Lipinski definition) is 3. The summed E-state index contributed by atoms with van der Waals surface area (Å²) >= 11 is 0. The van der Waals surface area contributed by atoms with E-state index in [2.05, 4.69) is 42.7 Å². The Labute approximate surface area is 222 Å². The number of carbonyl (C=O) groups is 2. The number of halogens is 3. The molecule has 1 saturated heterocycles. The minimum Gasteiger partial charge on any atom is -0.369 e. The maximum absolute atomic E-state index is 12.9. The van der Waals surface area contributed by atoms with Crippen LogP contribution in [0, 0.1) is 0 Å². The highest BCUT2D eigenvalue weighted by atomic mass is 19.4. The van der Waals surface area contributed by atoms with Crippen LogP contribution in [0.3, 0.4) is 0 Å². The number of benzene rings is 2. The molecule has 4 aromatic rings. The Balaban J connectivity index is 1.23. The lowest BCUT2D eigenvalue weighted by atomic mass is 10.1. The molecular formula is C27H26F3N7O2. The molecule has 0 aliphatic carbocycles. The molecule has 202 valence electrons. The van der Waals surface area contributed by atoms with Crippen LogP contribution in [0.4, 0.5) is 24.7 Å². The van der Waals surface area contributed by atoms with Gasteiger partial charge in [-0.2, -0.15) is 18.3 Å². The second-order valence-corrected chi connectivity index (χ2v) is 9.36. The number of aromatic amines is 1. The van der Waals surface area contributed by atoms with E-state index >= 15 is 0 Å². The molecule has 0 radical (unpaired) electrons. The summed E-state index contributed by atoms with van der Waals surface area (Å²) < 4.78 is 38.1. The smallest absolute Gasteiger partial charge is 0.369 e. The summed E-state index contributed by atoms with van der Waals surface area (Å²) in [6.07, 6.45) is -3.45. The average Bonchev–Trinajstić information content (AvgIpc) is 3.33. The molecule has 1 fully saturated rings. The monoisotopic (exact) mass is 537 g/mol. The number of fused-ring (bicyclic) bond motifs is 1. The number of nitrogens with one attached hydrogen (secondary N) is 3. The van der Waals surface area contributed by atoms with Crippen molar-refractivity contribution in [3.63, 3.8) is 0 Å². The topological polar surface area (TPSA) is 106 Å². The summed E-state index contributed by atoms with van der Waals surface area (Å²) in [6.45, 7) is 3.83. The molecule has 39 heavy (non-hydrogen) atoms. The Hall–Kier alpha value is -4.45. The van der Waals surface area contributed by atoms with Crippen molar-refractivity contribution in [3.05, 3.63) is 83.2 Å². The van der Waals surface area contributed by atoms with E-state index in [9.17, 15) is 22.8 Å². The number of pyridine rings is 1. The number of likely N-dealkylation sites (N-methyl/N-ethyl adjacent to an activating group) is 1. The van der Waals surface area contributed by atoms with Crippen molar-refractivity contribution < 1.29 is 22.8 Å². The van der Waals surface area contributed by atoms with Crippen LogP contribution in [-0.2, 0) is 12.7 Å². The van der Waals surface area contributed by atoms with E-state index in [1.807, 2.05) is 12.1 Å². The summed E-state index contributed by atoms with van der Waals surface area (Å²) in [7, 11) is 2.10. The first-order chi connectivity index (χ1) is 18.7. The van der Waals surface area contributed by atoms with Crippen LogP contribution < -0.4 is 15.5 Å². The second-order valence-electron chi connectivity index (χ2n) is 9.36. The first-order valence-electron chi connectivity index (χ1n) is 12.3. The number of piperazine rings is 1. The molecular weight excluding hydrogens is 511 g/mol. The van der Waals surface area contributed by atoms with Crippen LogP contribution in [0.25, 0.3) is 10.9 Å². The first-order valence-corrected chi connectivity index (χ1v) is 12.3. The molecule has 2 aromatic heterocycles. The number of anilines is 2. The van der Waals surface area contributed by atoms with E-state index in [0.717, 1.165) is 44.1 Å². The number of aromatic nitrogens is 3. The van der Waals surface area contributed by atoms with Crippen LogP contribution in [0.1, 0.15) is 32.0 Å². The number of carbonyl (C=O) groups excluding carboxylic acids is 2. The van der Waals surface area contributed by atoms with Crippen molar-refractivity contribution in [1.29, 1.82) is 0 Å². The molecule has 12 heteroatoms. The fraction of sp³-hybridized carbons (Fsp3) is 0.259. The minimum atomic E-state index is -4.52. The third-order valence-corrected chi connectivity index (χ3v) is 6.62. The summed E-state index contributed by atoms with van der Waals surface area (Å²) in [5.41, 5.74) is 1.89. The van der Waals surface area contributed by atoms with E-state index in [4.69, 9.17) is 0 Å². The maximum Gasteiger partial charge on any atom is 0.433 e. The van der Waals surface area contributed by atoms with Gasteiger partial charge in [0.1, 0.15) is 5.69 Å². The Morgan fingerprint density at radius 1 is 0.949 bits per heavy atom. The largest absolute Gasteiger partial charge is 0.433 e. The normalized spacial score (nSPS) is 14.4. The average molecular weight is 538 g/mol. The molecule has 0 atom stereocenters. The van der Waals surface area contributed by atoms with Crippen molar-refractivity contribution in [1.82, 2.24) is 25.4 Å². The lowest BCUT2D eigenvalue weighted by Gasteiger charge is -2.34. The molecule has 0 saturated carbocycles. The Kier molecular flexibility index (Phi) is 7.20. The highest BCUT2D eigenvalue weighted by molar-refractivity contribution is 6.09. The summed E-state index contributed by atoms with van der Waals surface area (Å²) in [5, 5.41) is 13.0. The summed E-state index contributed by atoms with van der Waals surface area (Å²) in [6, 6.07) is 14.4. The van der Waals surface area contributed by atoms with Gasteiger partial charge in [0, 0.05) is 61.1 Å². The number of H-pyrrole nitrogens is 1. The summed E-state index contributed by atoms with van der Waals surface area (Å²) in [5.74, 6) is -0.493. The molecule has 5 rings (SSSR count). The van der Waals surface area contributed by atoms with Crippen molar-refractivity contribution in [3.8, 4) is 0 Å². The molecule has 1 aliphatic rings. The molecule has 9 nitrogen and oxygen atoms in total. The molecule has 2 amide bonds. The van der Waals surface area contributed by atoms with Gasteiger partial charge in [0.2, 0.25) is 0 Å². The van der Waals surface area contributed by atoms with Gasteiger partial charge in [-0.05, 0) is 61.1 Å². The third kappa shape index (κ3) is 6.01. The predicted octanol–water partition coefficient (Wildman–Crippen LogP) is 3.91. The second kappa shape index (κ2) is 10.7. The van der Waals surface area contributed by atoms with Gasteiger partial charge in [-0.1, -0.05) is 6.07 Å². The molecule has 0 bridgehead atoms. The molecule has 3 heterocycles. The highest BCUT2D eigenvalue weighted by Crippen LogP contribution is 2.27. The highest BCUT2D eigenvalue weighted by Gasteiger charge is 2.32. The lowest BCUT2D eigenvalue weighted by molar-refractivity contribution is -0.141. The molecule has 3 N–H and O–H groups in total. The third-order valence-electron chi connectivity index (χ3n) is 6.62. The van der Waals surface area contributed by atoms with Crippen LogP contribution in [0.5, 0.6) is 0 Å². The molecule has 0 spiro atoms. The maximum atomic E-state index is 12.9. The van der Waals surface area contributed by atoms with E-state index in [-0.39, 0.29) is 18.3 Å². The zero-order valence-corrected chi connectivity index (χ0v) is 21.0. The van der Waals surface area contributed by atoms with Crippen LogP contribution in [0.15, 0.2) is 60.8 Å². The van der Waals surface area contributed by atoms with Gasteiger partial charge in [0.15, 0.2) is 5.82 Å². The van der Waals surface area contributed by atoms with Crippen molar-refractivity contribution in [2.75, 3.05) is 43.4 Å². The molecule has 2 aromatic carbocycles. The van der Waals surface area contributed by atoms with Gasteiger partial charge in [-0.3, -0.25) is 19.7 Å². The first kappa shape index (κ1) is 26.2. The number of alkyl halides is 3. The Morgan fingerprint density at radius 2 is 1.67 bits per heavy atom. The van der Waals surface area contributed by atoms with Gasteiger partial charge in [0.05, 0.1) is 5.52 Å². The standard InChI is InChI=1S/C27H26F3N7O2/c1-36-10-12-37(13-11-36)20-6-3-18(4-7-20)26(39)33-24-21-14-19(5-8-22(21)34-35-24)25(38)32-16-17-2-9-23(31-15-17)27(28,29)30/h2-9,14-15H,10-13,16H2,1H3,(H,32,38)(H2,33,34,35,39). The fourth-order valence-electron chi connectivity index (χ4n) is 4.30. The Morgan fingerprint density at radius 3 is 2.33 bits per heavy atom. The molecule has 1 aliphatic heterocycles. The number of rotatable bonds is 6. The van der Waals surface area contributed by atoms with Crippen molar-refractivity contribution in [2.45, 2.75) is 12.7 Å². The van der Waals surface area contributed by atoms with Gasteiger partial charge in [0.25, 0.3) is 11.8 Å². The van der Waals surface area contributed by atoms with E-state index in [1.54, 1.807) is 30.3 Å². The molecule has 0 unspecified atom stereocenters. The zero-order chi connectivity index (χ0) is 27.6. The van der Waals surface area contributed by atoms with Crippen molar-refractivity contribution in [2.24, 2.45) is 0 Å². The zero-order valence-electron chi connectivity index (χ0n) is 21.0. The van der Waals surface area contributed by atoms with Crippen LogP contribution in [0.2, 0.25) is 0 Å². The number of nitrogens with zero attached hydrogens (tertiary/aromatic N) is 4. The van der Waals surface area contributed by atoms with Crippen LogP contribution >= 0.6 is 0 Å². The minimum absolute atomic E-state index is 0.00110. The van der Waals surface area contributed by atoms with Gasteiger partial charge in [-0.25, -0.2) is 0 Å². The van der Waals surface area contributed by atoms with E-state index in [1.165, 1.54) is 6.07 Å². The number of amides is 2. The SMILES string of the molecule is CN1CCN(c2ccc(C(=O)Nc3n[nH]c4ccc(C(=O)NCc5ccc(C(F)(F)F)nc5)cc34)cc2)CC1. The number of hydrogen-bond acceptors (Lipinski definition) is 6. The predicted molar refractivity (Wildman–Crippen MR) is 141 cm³/mol. The van der Waals surface area contributed by atoms with Gasteiger partial charge < -0.3 is 20.4 Å². The quantitative estimate of drug-likeness (QED) is 0.345.